The number of benzene rings is 2. The number of morpholine rings is 1. The number of pyridine rings is 1. The Labute approximate surface area is 258 Å². The zero-order valence-electron chi connectivity index (χ0n) is 24.8. The van der Waals surface area contributed by atoms with Crippen molar-refractivity contribution in [3.05, 3.63) is 87.1 Å². The molecule has 2 aromatic heterocycles. The summed E-state index contributed by atoms with van der Waals surface area (Å²) in [6.07, 6.45) is -3.61. The molecule has 5 rings (SSSR count). The van der Waals surface area contributed by atoms with Crippen LogP contribution in [0, 0.1) is 25.5 Å². The van der Waals surface area contributed by atoms with E-state index in [1.165, 1.54) is 10.8 Å². The number of aliphatic carboxylic acids is 1. The van der Waals surface area contributed by atoms with E-state index >= 15 is 8.78 Å². The van der Waals surface area contributed by atoms with Gasteiger partial charge in [-0.05, 0) is 37.6 Å². The van der Waals surface area contributed by atoms with Gasteiger partial charge in [0, 0.05) is 48.5 Å². The quantitative estimate of drug-likeness (QED) is 0.288. The minimum absolute atomic E-state index is 0.110. The molecule has 0 aliphatic carbocycles. The molecule has 1 aliphatic rings. The van der Waals surface area contributed by atoms with Gasteiger partial charge in [-0.15, -0.1) is 0 Å². The van der Waals surface area contributed by atoms with E-state index < -0.39 is 59.6 Å². The highest BCUT2D eigenvalue weighted by Crippen LogP contribution is 2.33. The van der Waals surface area contributed by atoms with E-state index in [-0.39, 0.29) is 30.8 Å². The molecule has 15 heteroatoms. The third kappa shape index (κ3) is 6.14. The summed E-state index contributed by atoms with van der Waals surface area (Å²) in [7, 11) is 1.61. The van der Waals surface area contributed by atoms with E-state index in [2.05, 4.69) is 15.3 Å². The Morgan fingerprint density at radius 3 is 2.50 bits per heavy atom. The Morgan fingerprint density at radius 2 is 1.85 bits per heavy atom. The molecular formula is C31H28F5N5O5. The first-order chi connectivity index (χ1) is 21.7. The van der Waals surface area contributed by atoms with Gasteiger partial charge in [0.1, 0.15) is 35.0 Å². The summed E-state index contributed by atoms with van der Waals surface area (Å²) in [5, 5.41) is 12.5. The van der Waals surface area contributed by atoms with E-state index in [4.69, 9.17) is 4.74 Å². The van der Waals surface area contributed by atoms with Crippen LogP contribution in [-0.2, 0) is 23.0 Å². The van der Waals surface area contributed by atoms with Gasteiger partial charge in [0.25, 0.3) is 11.5 Å². The van der Waals surface area contributed by atoms with Crippen molar-refractivity contribution in [1.29, 1.82) is 0 Å². The molecule has 1 aliphatic heterocycles. The SMILES string of the molecule is Cc1nc(-c2ccc(C[C@H](NC(=O)c3c(F)cc(N4CCOC[C@@H]4C(F)(F)F)cc3F)C(=O)O)c3cccnc23)c(=O)n(C)c1C. The number of carboxylic acid groups (broad SMARTS) is 1. The van der Waals surface area contributed by atoms with Gasteiger partial charge in [-0.1, -0.05) is 18.2 Å². The number of hydrogen-bond acceptors (Lipinski definition) is 7. The van der Waals surface area contributed by atoms with Crippen LogP contribution in [0.4, 0.5) is 27.6 Å². The topological polar surface area (TPSA) is 127 Å². The lowest BCUT2D eigenvalue weighted by Gasteiger charge is -2.38. The van der Waals surface area contributed by atoms with E-state index in [1.807, 2.05) is 0 Å². The molecular weight excluding hydrogens is 617 g/mol. The molecule has 0 radical (unpaired) electrons. The van der Waals surface area contributed by atoms with Crippen molar-refractivity contribution in [2.75, 3.05) is 24.7 Å². The maximum absolute atomic E-state index is 15.1. The number of anilines is 1. The predicted molar refractivity (Wildman–Crippen MR) is 157 cm³/mol. The van der Waals surface area contributed by atoms with Crippen LogP contribution >= 0.6 is 0 Å². The van der Waals surface area contributed by atoms with Crippen molar-refractivity contribution in [1.82, 2.24) is 19.9 Å². The molecule has 1 fully saturated rings. The summed E-state index contributed by atoms with van der Waals surface area (Å²) >= 11 is 0. The number of nitrogens with one attached hydrogen (secondary N) is 1. The third-order valence-electron chi connectivity index (χ3n) is 8.05. The normalized spacial score (nSPS) is 16.0. The summed E-state index contributed by atoms with van der Waals surface area (Å²) < 4.78 is 77.1. The van der Waals surface area contributed by atoms with Crippen LogP contribution < -0.4 is 15.8 Å². The largest absolute Gasteiger partial charge is 0.480 e. The van der Waals surface area contributed by atoms with Crippen molar-refractivity contribution in [3.63, 3.8) is 0 Å². The van der Waals surface area contributed by atoms with Gasteiger partial charge in [0.2, 0.25) is 0 Å². The maximum Gasteiger partial charge on any atom is 0.411 e. The second-order valence-corrected chi connectivity index (χ2v) is 10.8. The lowest BCUT2D eigenvalue weighted by molar-refractivity contribution is -0.167. The molecule has 0 spiro atoms. The number of fused-ring (bicyclic) bond motifs is 1. The summed E-state index contributed by atoms with van der Waals surface area (Å²) in [6, 6.07) is 3.71. The molecule has 1 amide bonds. The maximum atomic E-state index is 15.1. The average Bonchev–Trinajstić information content (AvgIpc) is 3.01. The number of aromatic nitrogens is 3. The number of carboxylic acids is 1. The van der Waals surface area contributed by atoms with Crippen molar-refractivity contribution < 1.29 is 41.4 Å². The molecule has 0 saturated carbocycles. The third-order valence-corrected chi connectivity index (χ3v) is 8.05. The molecule has 1 saturated heterocycles. The summed E-state index contributed by atoms with van der Waals surface area (Å²) in [6.45, 7) is 2.36. The molecule has 2 N–H and O–H groups in total. The van der Waals surface area contributed by atoms with Gasteiger partial charge in [-0.25, -0.2) is 18.6 Å². The molecule has 46 heavy (non-hydrogen) atoms. The summed E-state index contributed by atoms with van der Waals surface area (Å²) in [5.41, 5.74) is 0.611. The average molecular weight is 646 g/mol. The number of amides is 1. The Hall–Kier alpha value is -4.92. The fourth-order valence-electron chi connectivity index (χ4n) is 5.40. The molecule has 2 atom stereocenters. The van der Waals surface area contributed by atoms with Crippen molar-refractivity contribution in [3.8, 4) is 11.3 Å². The molecule has 242 valence electrons. The van der Waals surface area contributed by atoms with Gasteiger partial charge in [0.05, 0.1) is 24.4 Å². The Bertz CT molecular complexity index is 1890. The van der Waals surface area contributed by atoms with E-state index in [0.29, 0.717) is 45.6 Å². The van der Waals surface area contributed by atoms with Crippen LogP contribution in [-0.4, -0.2) is 69.5 Å². The number of nitrogens with zero attached hydrogens (tertiary/aromatic N) is 4. The van der Waals surface area contributed by atoms with Crippen LogP contribution in [0.3, 0.4) is 0 Å². The van der Waals surface area contributed by atoms with Gasteiger partial charge in [-0.2, -0.15) is 13.2 Å². The number of ether oxygens (including phenoxy) is 1. The van der Waals surface area contributed by atoms with E-state index in [0.717, 1.165) is 4.90 Å². The number of rotatable bonds is 7. The zero-order chi connectivity index (χ0) is 33.5. The monoisotopic (exact) mass is 645 g/mol. The number of carbonyl (C=O) groups is 2. The van der Waals surface area contributed by atoms with Crippen LogP contribution in [0.1, 0.15) is 27.3 Å². The Morgan fingerprint density at radius 1 is 1.15 bits per heavy atom. The highest BCUT2D eigenvalue weighted by molar-refractivity contribution is 5.98. The number of aryl methyl sites for hydroxylation is 1. The molecule has 10 nitrogen and oxygen atoms in total. The summed E-state index contributed by atoms with van der Waals surface area (Å²) in [4.78, 5) is 47.8. The van der Waals surface area contributed by atoms with Crippen LogP contribution in [0.5, 0.6) is 0 Å². The lowest BCUT2D eigenvalue weighted by Crippen LogP contribution is -2.53. The number of hydrogen-bond donors (Lipinski definition) is 2. The fourth-order valence-corrected chi connectivity index (χ4v) is 5.40. The number of halogens is 5. The molecule has 0 unspecified atom stereocenters. The Balaban J connectivity index is 1.44. The van der Waals surface area contributed by atoms with Gasteiger partial charge < -0.3 is 24.6 Å². The highest BCUT2D eigenvalue weighted by Gasteiger charge is 2.46. The van der Waals surface area contributed by atoms with Gasteiger partial charge in [-0.3, -0.25) is 14.6 Å². The summed E-state index contributed by atoms with van der Waals surface area (Å²) in [5.74, 6) is -5.86. The van der Waals surface area contributed by atoms with Crippen LogP contribution in [0.15, 0.2) is 47.4 Å². The van der Waals surface area contributed by atoms with Crippen LogP contribution in [0.25, 0.3) is 22.2 Å². The Kier molecular flexibility index (Phi) is 8.80. The second-order valence-electron chi connectivity index (χ2n) is 10.8. The van der Waals surface area contributed by atoms with Crippen LogP contribution in [0.2, 0.25) is 0 Å². The predicted octanol–water partition coefficient (Wildman–Crippen LogP) is 4.08. The van der Waals surface area contributed by atoms with E-state index in [1.54, 1.807) is 45.2 Å². The van der Waals surface area contributed by atoms with Crippen molar-refractivity contribution >= 4 is 28.5 Å². The lowest BCUT2D eigenvalue weighted by atomic mass is 9.96. The molecule has 4 aromatic rings. The first kappa shape index (κ1) is 32.5. The number of alkyl halides is 3. The minimum Gasteiger partial charge on any atom is -0.480 e. The first-order valence-corrected chi connectivity index (χ1v) is 14.0. The van der Waals surface area contributed by atoms with E-state index in [9.17, 15) is 32.7 Å². The molecule has 3 heterocycles. The second kappa shape index (κ2) is 12.5. The van der Waals surface area contributed by atoms with Crippen molar-refractivity contribution in [2.24, 2.45) is 7.05 Å². The highest BCUT2D eigenvalue weighted by atomic mass is 19.4. The first-order valence-electron chi connectivity index (χ1n) is 14.0. The number of carbonyl (C=O) groups excluding carboxylic acids is 1. The van der Waals surface area contributed by atoms with Gasteiger partial charge in [0.15, 0.2) is 0 Å². The molecule has 2 aromatic carbocycles. The van der Waals surface area contributed by atoms with Gasteiger partial charge >= 0.3 is 12.1 Å². The zero-order valence-corrected chi connectivity index (χ0v) is 24.8. The fraction of sp³-hybridized carbons (Fsp3) is 0.323. The minimum atomic E-state index is -4.75. The smallest absolute Gasteiger partial charge is 0.411 e. The standard InChI is InChI=1S/C31H28F5N5O5/c1-15-16(2)40(3)29(43)27(38-15)20-7-6-17(19-5-4-8-37-26(19)20)11-23(30(44)45)39-28(42)25-21(32)12-18(13-22(25)33)41-9-10-46-14-24(41)31(34,35)36/h4-8,12-13,23-24H,9-11,14H2,1-3H3,(H,39,42)(H,44,45)/t23-,24+/m0/s1. The molecule has 0 bridgehead atoms. The van der Waals surface area contributed by atoms with Crippen molar-refractivity contribution in [2.45, 2.75) is 38.5 Å².